The van der Waals surface area contributed by atoms with Gasteiger partial charge in [-0.25, -0.2) is 18.2 Å². The fourth-order valence-corrected chi connectivity index (χ4v) is 7.99. The number of hydrogen-bond acceptors (Lipinski definition) is 10. The molecule has 2 aliphatic heterocycles. The van der Waals surface area contributed by atoms with Crippen LogP contribution in [0.3, 0.4) is 0 Å². The smallest absolute Gasteiger partial charge is 0.410 e. The third kappa shape index (κ3) is 7.43. The maximum Gasteiger partial charge on any atom is 0.410 e. The first-order chi connectivity index (χ1) is 20.2. The highest BCUT2D eigenvalue weighted by molar-refractivity contribution is 7.91. The molecule has 0 radical (unpaired) electrons. The Morgan fingerprint density at radius 1 is 1.26 bits per heavy atom. The summed E-state index contributed by atoms with van der Waals surface area (Å²) in [5.41, 5.74) is 14.9. The molecule has 0 atom stereocenters. The van der Waals surface area contributed by atoms with Crippen LogP contribution >= 0.6 is 11.3 Å². The summed E-state index contributed by atoms with van der Waals surface area (Å²) in [7, 11) is -3.64. The van der Waals surface area contributed by atoms with Gasteiger partial charge in [-0.05, 0) is 51.3 Å². The number of aliphatic imine (C=N–C) groups is 1. The summed E-state index contributed by atoms with van der Waals surface area (Å²) in [6.07, 6.45) is 7.24. The van der Waals surface area contributed by atoms with Crippen molar-refractivity contribution in [2.24, 2.45) is 10.7 Å². The van der Waals surface area contributed by atoms with E-state index in [1.807, 2.05) is 45.7 Å². The SMILES string of the molecule is CCN(CC)S(=O)(=O)c1sc(N=C2CN(/C(=C\N)c3coc(N)c3)C=C(C3=CCCN(C(=O)OC(C)(C)C)C3)N2)cc1C. The van der Waals surface area contributed by atoms with Crippen molar-refractivity contribution in [3.05, 3.63) is 59.3 Å². The van der Waals surface area contributed by atoms with Crippen LogP contribution in [0.4, 0.5) is 15.7 Å². The van der Waals surface area contributed by atoms with Gasteiger partial charge in [0.1, 0.15) is 26.9 Å². The third-order valence-electron chi connectivity index (χ3n) is 6.80. The summed E-state index contributed by atoms with van der Waals surface area (Å²) in [6, 6.07) is 3.46. The molecule has 14 heteroatoms. The minimum atomic E-state index is -3.64. The van der Waals surface area contributed by atoms with Crippen molar-refractivity contribution in [3.8, 4) is 0 Å². The minimum Gasteiger partial charge on any atom is -0.449 e. The molecule has 0 spiro atoms. The molecule has 43 heavy (non-hydrogen) atoms. The zero-order valence-electron chi connectivity index (χ0n) is 25.5. The molecule has 0 unspecified atom stereocenters. The molecule has 4 rings (SSSR count). The van der Waals surface area contributed by atoms with Crippen LogP contribution in [-0.2, 0) is 14.8 Å². The monoisotopic (exact) mass is 631 g/mol. The van der Waals surface area contributed by atoms with Crippen molar-refractivity contribution in [2.45, 2.75) is 57.8 Å². The zero-order valence-corrected chi connectivity index (χ0v) is 27.1. The Bertz CT molecular complexity index is 1570. The van der Waals surface area contributed by atoms with Crippen LogP contribution in [0.25, 0.3) is 5.70 Å². The Morgan fingerprint density at radius 3 is 2.58 bits per heavy atom. The molecule has 4 heterocycles. The van der Waals surface area contributed by atoms with E-state index in [2.05, 4.69) is 11.4 Å². The molecule has 2 aromatic rings. The van der Waals surface area contributed by atoms with Gasteiger partial charge in [0, 0.05) is 43.7 Å². The molecular formula is C29H41N7O5S2. The Kier molecular flexibility index (Phi) is 9.62. The van der Waals surface area contributed by atoms with Crippen LogP contribution in [-0.4, -0.2) is 72.8 Å². The topological polar surface area (TPSA) is 160 Å². The van der Waals surface area contributed by atoms with E-state index in [9.17, 15) is 13.2 Å². The molecule has 0 aromatic carbocycles. The number of thiophene rings is 1. The second-order valence-electron chi connectivity index (χ2n) is 11.2. The van der Waals surface area contributed by atoms with Crippen LogP contribution in [0.5, 0.6) is 0 Å². The molecule has 234 valence electrons. The lowest BCUT2D eigenvalue weighted by molar-refractivity contribution is 0.0263. The molecule has 12 nitrogen and oxygen atoms in total. The highest BCUT2D eigenvalue weighted by Crippen LogP contribution is 2.35. The van der Waals surface area contributed by atoms with Crippen molar-refractivity contribution < 1.29 is 22.4 Å². The Labute approximate surface area is 257 Å². The van der Waals surface area contributed by atoms with E-state index >= 15 is 0 Å². The van der Waals surface area contributed by atoms with Crippen LogP contribution in [0.1, 0.15) is 52.2 Å². The summed E-state index contributed by atoms with van der Waals surface area (Å²) in [5.74, 6) is 0.818. The average Bonchev–Trinajstić information content (AvgIpc) is 3.53. The summed E-state index contributed by atoms with van der Waals surface area (Å²) in [4.78, 5) is 21.3. The predicted molar refractivity (Wildman–Crippen MR) is 170 cm³/mol. The number of carbonyl (C=O) groups is 1. The number of nitrogens with one attached hydrogen (secondary N) is 1. The fourth-order valence-electron chi connectivity index (χ4n) is 4.81. The Hall–Kier alpha value is -3.75. The normalized spacial score (nSPS) is 17.7. The van der Waals surface area contributed by atoms with Gasteiger partial charge in [-0.15, -0.1) is 11.3 Å². The number of rotatable bonds is 8. The number of amidine groups is 1. The van der Waals surface area contributed by atoms with Gasteiger partial charge in [-0.2, -0.15) is 4.31 Å². The molecule has 1 amide bonds. The van der Waals surface area contributed by atoms with Crippen molar-refractivity contribution >= 4 is 49.9 Å². The van der Waals surface area contributed by atoms with E-state index in [-0.39, 0.29) is 16.2 Å². The maximum absolute atomic E-state index is 13.3. The Morgan fingerprint density at radius 2 is 1.98 bits per heavy atom. The quantitative estimate of drug-likeness (QED) is 0.379. The molecule has 5 N–H and O–H groups in total. The van der Waals surface area contributed by atoms with Gasteiger partial charge in [-0.3, -0.25) is 0 Å². The standard InChI is InChI=1S/C29H41N7O5S2/c1-7-36(8-2)43(38,39)27-19(3)12-26(42-27)33-25-17-35(23(14-30)21-13-24(31)40-18-21)16-22(32-25)20-10-9-11-34(15-20)28(37)41-29(4,5)6/h10,12-14,16,18H,7-9,11,15,17,30-31H2,1-6H3,(H,32,33)/b23-14-. The largest absolute Gasteiger partial charge is 0.449 e. The predicted octanol–water partition coefficient (Wildman–Crippen LogP) is 4.56. The number of anilines is 1. The molecule has 0 fully saturated rings. The summed E-state index contributed by atoms with van der Waals surface area (Å²) in [5, 5.41) is 3.96. The van der Waals surface area contributed by atoms with Crippen molar-refractivity contribution in [1.82, 2.24) is 19.4 Å². The number of carbonyl (C=O) groups excluding carboxylic acids is 1. The highest BCUT2D eigenvalue weighted by Gasteiger charge is 2.29. The van der Waals surface area contributed by atoms with Crippen molar-refractivity contribution in [2.75, 3.05) is 38.5 Å². The number of nitrogens with two attached hydrogens (primary N) is 2. The first kappa shape index (κ1) is 32.2. The number of sulfonamides is 1. The van der Waals surface area contributed by atoms with Crippen molar-refractivity contribution in [1.29, 1.82) is 0 Å². The van der Waals surface area contributed by atoms with E-state index in [0.29, 0.717) is 66.8 Å². The van der Waals surface area contributed by atoms with Crippen LogP contribution < -0.4 is 16.8 Å². The minimum absolute atomic E-state index is 0.251. The van der Waals surface area contributed by atoms with E-state index in [1.165, 1.54) is 16.8 Å². The maximum atomic E-state index is 13.3. The molecule has 0 saturated carbocycles. The van der Waals surface area contributed by atoms with Gasteiger partial charge in [0.25, 0.3) is 10.0 Å². The fraction of sp³-hybridized carbons (Fsp3) is 0.448. The summed E-state index contributed by atoms with van der Waals surface area (Å²) < 4.78 is 39.2. The third-order valence-corrected chi connectivity index (χ3v) is 10.6. The van der Waals surface area contributed by atoms with Crippen LogP contribution in [0.15, 0.2) is 61.8 Å². The van der Waals surface area contributed by atoms with Crippen molar-refractivity contribution in [3.63, 3.8) is 0 Å². The van der Waals surface area contributed by atoms with Gasteiger partial charge in [0.15, 0.2) is 5.88 Å². The van der Waals surface area contributed by atoms with E-state index < -0.39 is 15.6 Å². The first-order valence-electron chi connectivity index (χ1n) is 14.1. The molecule has 0 aliphatic carbocycles. The summed E-state index contributed by atoms with van der Waals surface area (Å²) >= 11 is 1.13. The number of amides is 1. The number of nitrogens with zero attached hydrogens (tertiary/aromatic N) is 4. The second-order valence-corrected chi connectivity index (χ2v) is 14.4. The van der Waals surface area contributed by atoms with Crippen LogP contribution in [0, 0.1) is 6.92 Å². The lowest BCUT2D eigenvalue weighted by atomic mass is 10.1. The van der Waals surface area contributed by atoms with E-state index in [4.69, 9.17) is 25.6 Å². The number of aryl methyl sites for hydroxylation is 1. The average molecular weight is 632 g/mol. The number of nitrogen functional groups attached to an aromatic ring is 1. The molecule has 0 bridgehead atoms. The van der Waals surface area contributed by atoms with Gasteiger partial charge < -0.3 is 35.7 Å². The van der Waals surface area contributed by atoms with E-state index in [1.54, 1.807) is 24.0 Å². The Balaban J connectivity index is 1.70. The number of furan rings is 1. The molecule has 0 saturated heterocycles. The molecule has 2 aromatic heterocycles. The van der Waals surface area contributed by atoms with Gasteiger partial charge in [0.05, 0.1) is 24.5 Å². The molecular weight excluding hydrogens is 590 g/mol. The van der Waals surface area contributed by atoms with Gasteiger partial charge in [0.2, 0.25) is 0 Å². The van der Waals surface area contributed by atoms with Gasteiger partial charge in [-0.1, -0.05) is 19.9 Å². The van der Waals surface area contributed by atoms with E-state index in [0.717, 1.165) is 22.6 Å². The number of ether oxygens (including phenoxy) is 1. The molecule has 2 aliphatic rings. The second kappa shape index (κ2) is 12.9. The zero-order chi connectivity index (χ0) is 31.5. The van der Waals surface area contributed by atoms with Gasteiger partial charge >= 0.3 is 6.09 Å². The van der Waals surface area contributed by atoms with Crippen LogP contribution in [0.2, 0.25) is 0 Å². The summed E-state index contributed by atoms with van der Waals surface area (Å²) in [6.45, 7) is 12.9. The lowest BCUT2D eigenvalue weighted by Crippen LogP contribution is -2.44. The first-order valence-corrected chi connectivity index (χ1v) is 16.4. The highest BCUT2D eigenvalue weighted by atomic mass is 32.2. The lowest BCUT2D eigenvalue weighted by Gasteiger charge is -2.34. The number of hydrogen-bond donors (Lipinski definition) is 3.